The van der Waals surface area contributed by atoms with Crippen LogP contribution in [0, 0.1) is 5.92 Å². The molecular weight excluding hydrogens is 248 g/mol. The zero-order valence-electron chi connectivity index (χ0n) is 12.3. The summed E-state index contributed by atoms with van der Waals surface area (Å²) in [7, 11) is 0. The highest BCUT2D eigenvalue weighted by molar-refractivity contribution is 5.94. The van der Waals surface area contributed by atoms with E-state index in [-0.39, 0.29) is 5.91 Å². The van der Waals surface area contributed by atoms with Gasteiger partial charge in [0.2, 0.25) is 5.91 Å². The third-order valence-electron chi connectivity index (χ3n) is 4.52. The fraction of sp³-hybridized carbons (Fsp3) is 0.588. The number of fused-ring (bicyclic) bond motifs is 1. The number of hydrogen-bond acceptors (Lipinski definition) is 2. The van der Waals surface area contributed by atoms with Crippen molar-refractivity contribution in [2.75, 3.05) is 18.0 Å². The fourth-order valence-corrected chi connectivity index (χ4v) is 3.47. The largest absolute Gasteiger partial charge is 0.314 e. The van der Waals surface area contributed by atoms with Gasteiger partial charge in [0.25, 0.3) is 0 Å². The van der Waals surface area contributed by atoms with E-state index in [9.17, 15) is 4.79 Å². The molecule has 1 saturated heterocycles. The van der Waals surface area contributed by atoms with E-state index in [1.165, 1.54) is 18.4 Å². The molecule has 3 heteroatoms. The molecule has 1 N–H and O–H groups in total. The molecule has 1 aromatic rings. The van der Waals surface area contributed by atoms with E-state index >= 15 is 0 Å². The molecule has 108 valence electrons. The predicted molar refractivity (Wildman–Crippen MR) is 81.9 cm³/mol. The van der Waals surface area contributed by atoms with Crippen LogP contribution in [0.25, 0.3) is 0 Å². The van der Waals surface area contributed by atoms with Gasteiger partial charge in [0, 0.05) is 24.7 Å². The first kappa shape index (κ1) is 13.6. The first-order chi connectivity index (χ1) is 9.74. The van der Waals surface area contributed by atoms with E-state index in [1.807, 2.05) is 11.0 Å². The number of rotatable bonds is 3. The number of para-hydroxylation sites is 1. The maximum atomic E-state index is 12.6. The lowest BCUT2D eigenvalue weighted by molar-refractivity contribution is -0.119. The molecule has 2 unspecified atom stereocenters. The first-order valence-corrected chi connectivity index (χ1v) is 7.85. The summed E-state index contributed by atoms with van der Waals surface area (Å²) in [6.07, 6.45) is 5.21. The van der Waals surface area contributed by atoms with E-state index in [2.05, 4.69) is 30.4 Å². The van der Waals surface area contributed by atoms with E-state index in [4.69, 9.17) is 0 Å². The second-order valence-electron chi connectivity index (χ2n) is 6.27. The molecule has 0 spiro atoms. The molecule has 2 atom stereocenters. The van der Waals surface area contributed by atoms with Gasteiger partial charge in [0.05, 0.1) is 0 Å². The van der Waals surface area contributed by atoms with Gasteiger partial charge in [-0.15, -0.1) is 0 Å². The summed E-state index contributed by atoms with van der Waals surface area (Å²) in [6.45, 7) is 4.21. The summed E-state index contributed by atoms with van der Waals surface area (Å²) < 4.78 is 0. The van der Waals surface area contributed by atoms with Crippen molar-refractivity contribution >= 4 is 11.6 Å². The van der Waals surface area contributed by atoms with Gasteiger partial charge < -0.3 is 10.2 Å². The number of benzene rings is 1. The summed E-state index contributed by atoms with van der Waals surface area (Å²) in [5.41, 5.74) is 2.45. The Labute approximate surface area is 121 Å². The number of nitrogens with zero attached hydrogens (tertiary/aromatic N) is 1. The molecule has 3 rings (SSSR count). The minimum atomic E-state index is 0.290. The van der Waals surface area contributed by atoms with Crippen molar-refractivity contribution in [1.82, 2.24) is 5.32 Å². The van der Waals surface area contributed by atoms with Crippen LogP contribution < -0.4 is 10.2 Å². The topological polar surface area (TPSA) is 32.3 Å². The van der Waals surface area contributed by atoms with Crippen LogP contribution in [-0.2, 0) is 11.2 Å². The number of anilines is 1. The summed E-state index contributed by atoms with van der Waals surface area (Å²) in [5, 5.41) is 3.47. The zero-order valence-corrected chi connectivity index (χ0v) is 12.3. The summed E-state index contributed by atoms with van der Waals surface area (Å²) in [6, 6.07) is 8.91. The molecule has 20 heavy (non-hydrogen) atoms. The SMILES string of the molecule is CC1Cc2ccccc2N(C(=O)CCC2CCCN2)C1. The Bertz CT molecular complexity index is 480. The molecule has 0 bridgehead atoms. The first-order valence-electron chi connectivity index (χ1n) is 7.85. The van der Waals surface area contributed by atoms with Gasteiger partial charge in [-0.05, 0) is 49.8 Å². The molecule has 2 aliphatic heterocycles. The second kappa shape index (κ2) is 5.96. The van der Waals surface area contributed by atoms with Crippen molar-refractivity contribution < 1.29 is 4.79 Å². The van der Waals surface area contributed by atoms with Gasteiger partial charge in [0.15, 0.2) is 0 Å². The Morgan fingerprint density at radius 1 is 1.40 bits per heavy atom. The maximum Gasteiger partial charge on any atom is 0.227 e. The van der Waals surface area contributed by atoms with Crippen molar-refractivity contribution in [2.24, 2.45) is 5.92 Å². The molecule has 1 aromatic carbocycles. The summed E-state index contributed by atoms with van der Waals surface area (Å²) in [4.78, 5) is 14.6. The van der Waals surface area contributed by atoms with Crippen LogP contribution in [0.4, 0.5) is 5.69 Å². The van der Waals surface area contributed by atoms with E-state index in [1.54, 1.807) is 0 Å². The van der Waals surface area contributed by atoms with Crippen LogP contribution in [0.5, 0.6) is 0 Å². The van der Waals surface area contributed by atoms with Crippen LogP contribution in [-0.4, -0.2) is 25.0 Å². The highest BCUT2D eigenvalue weighted by Gasteiger charge is 2.26. The molecule has 0 saturated carbocycles. The quantitative estimate of drug-likeness (QED) is 0.917. The lowest BCUT2D eigenvalue weighted by Gasteiger charge is -2.33. The van der Waals surface area contributed by atoms with Crippen molar-refractivity contribution in [3.05, 3.63) is 29.8 Å². The van der Waals surface area contributed by atoms with Crippen molar-refractivity contribution in [3.63, 3.8) is 0 Å². The normalized spacial score (nSPS) is 25.6. The van der Waals surface area contributed by atoms with Crippen molar-refractivity contribution in [3.8, 4) is 0 Å². The van der Waals surface area contributed by atoms with Gasteiger partial charge in [-0.2, -0.15) is 0 Å². The van der Waals surface area contributed by atoms with Crippen LogP contribution in [0.2, 0.25) is 0 Å². The zero-order chi connectivity index (χ0) is 13.9. The number of carbonyl (C=O) groups excluding carboxylic acids is 1. The molecule has 0 aliphatic carbocycles. The number of carbonyl (C=O) groups is 1. The monoisotopic (exact) mass is 272 g/mol. The average Bonchev–Trinajstić information content (AvgIpc) is 2.97. The van der Waals surface area contributed by atoms with Gasteiger partial charge in [-0.3, -0.25) is 4.79 Å². The molecule has 0 radical (unpaired) electrons. The van der Waals surface area contributed by atoms with Crippen molar-refractivity contribution in [2.45, 2.75) is 45.1 Å². The molecule has 2 heterocycles. The lowest BCUT2D eigenvalue weighted by Crippen LogP contribution is -2.39. The van der Waals surface area contributed by atoms with Gasteiger partial charge in [0.1, 0.15) is 0 Å². The number of hydrogen-bond donors (Lipinski definition) is 1. The Hall–Kier alpha value is -1.35. The molecule has 2 aliphatic rings. The maximum absolute atomic E-state index is 12.6. The third-order valence-corrected chi connectivity index (χ3v) is 4.52. The lowest BCUT2D eigenvalue weighted by atomic mass is 9.93. The molecular formula is C17H24N2O. The Balaban J connectivity index is 1.67. The highest BCUT2D eigenvalue weighted by Crippen LogP contribution is 2.30. The van der Waals surface area contributed by atoms with Crippen LogP contribution in [0.3, 0.4) is 0 Å². The Morgan fingerprint density at radius 3 is 3.05 bits per heavy atom. The third kappa shape index (κ3) is 2.88. The second-order valence-corrected chi connectivity index (χ2v) is 6.27. The predicted octanol–water partition coefficient (Wildman–Crippen LogP) is 2.74. The van der Waals surface area contributed by atoms with Crippen molar-refractivity contribution in [1.29, 1.82) is 0 Å². The van der Waals surface area contributed by atoms with Gasteiger partial charge in [-0.1, -0.05) is 25.1 Å². The average molecular weight is 272 g/mol. The number of nitrogens with one attached hydrogen (secondary N) is 1. The minimum absolute atomic E-state index is 0.290. The van der Waals surface area contributed by atoms with E-state index in [0.717, 1.165) is 31.6 Å². The van der Waals surface area contributed by atoms with Crippen LogP contribution in [0.1, 0.15) is 38.2 Å². The highest BCUT2D eigenvalue weighted by atomic mass is 16.2. The molecule has 3 nitrogen and oxygen atoms in total. The smallest absolute Gasteiger partial charge is 0.227 e. The summed E-state index contributed by atoms with van der Waals surface area (Å²) >= 11 is 0. The molecule has 1 amide bonds. The molecule has 1 fully saturated rings. The van der Waals surface area contributed by atoms with E-state index < -0.39 is 0 Å². The standard InChI is InChI=1S/C17H24N2O/c1-13-11-14-5-2-3-7-16(14)19(12-13)17(20)9-8-15-6-4-10-18-15/h2-3,5,7,13,15,18H,4,6,8-12H2,1H3. The minimum Gasteiger partial charge on any atom is -0.314 e. The van der Waals surface area contributed by atoms with Crippen LogP contribution in [0.15, 0.2) is 24.3 Å². The number of amides is 1. The van der Waals surface area contributed by atoms with Gasteiger partial charge >= 0.3 is 0 Å². The van der Waals surface area contributed by atoms with E-state index in [0.29, 0.717) is 18.4 Å². The molecule has 0 aromatic heterocycles. The summed E-state index contributed by atoms with van der Waals surface area (Å²) in [5.74, 6) is 0.844. The Morgan fingerprint density at radius 2 is 2.25 bits per heavy atom. The van der Waals surface area contributed by atoms with Crippen LogP contribution >= 0.6 is 0 Å². The Kier molecular flexibility index (Phi) is 4.06. The fourth-order valence-electron chi connectivity index (χ4n) is 3.47. The van der Waals surface area contributed by atoms with Gasteiger partial charge in [-0.25, -0.2) is 0 Å².